The van der Waals surface area contributed by atoms with Crippen molar-refractivity contribution in [1.29, 1.82) is 0 Å². The van der Waals surface area contributed by atoms with E-state index in [9.17, 15) is 4.79 Å². The fourth-order valence-electron chi connectivity index (χ4n) is 4.68. The van der Waals surface area contributed by atoms with Crippen LogP contribution < -0.4 is 10.1 Å². The van der Waals surface area contributed by atoms with Crippen molar-refractivity contribution in [2.24, 2.45) is 0 Å². The van der Waals surface area contributed by atoms with Gasteiger partial charge in [0.2, 0.25) is 0 Å². The van der Waals surface area contributed by atoms with Crippen LogP contribution in [-0.4, -0.2) is 42.6 Å². The van der Waals surface area contributed by atoms with Gasteiger partial charge in [0.05, 0.1) is 0 Å². The van der Waals surface area contributed by atoms with E-state index in [1.54, 1.807) is 0 Å². The third kappa shape index (κ3) is 3.77. The van der Waals surface area contributed by atoms with Crippen molar-refractivity contribution in [2.45, 2.75) is 46.1 Å². The number of amides is 1. The second kappa shape index (κ2) is 8.27. The maximum Gasteiger partial charge on any atom is 0.253 e. The normalized spacial score (nSPS) is 17.1. The highest BCUT2D eigenvalue weighted by atomic mass is 16.5. The van der Waals surface area contributed by atoms with Gasteiger partial charge in [0.25, 0.3) is 5.91 Å². The van der Waals surface area contributed by atoms with Gasteiger partial charge < -0.3 is 15.0 Å². The lowest BCUT2D eigenvalue weighted by Gasteiger charge is -2.40. The van der Waals surface area contributed by atoms with Crippen molar-refractivity contribution >= 4 is 11.5 Å². The van der Waals surface area contributed by atoms with E-state index in [1.807, 2.05) is 30.9 Å². The smallest absolute Gasteiger partial charge is 0.253 e. The van der Waals surface area contributed by atoms with Crippen molar-refractivity contribution in [3.05, 3.63) is 70.3 Å². The molecule has 4 nitrogen and oxygen atoms in total. The summed E-state index contributed by atoms with van der Waals surface area (Å²) in [5.41, 5.74) is 6.40. The number of nitrogens with zero attached hydrogens (tertiary/aromatic N) is 1. The second-order valence-corrected chi connectivity index (χ2v) is 8.49. The third-order valence-electron chi connectivity index (χ3n) is 6.37. The summed E-state index contributed by atoms with van der Waals surface area (Å²) in [6.45, 7) is 11.7. The van der Waals surface area contributed by atoms with Gasteiger partial charge >= 0.3 is 0 Å². The van der Waals surface area contributed by atoms with Crippen LogP contribution in [-0.2, 0) is 0 Å². The molecule has 1 N–H and O–H groups in total. The summed E-state index contributed by atoms with van der Waals surface area (Å²) in [6.07, 6.45) is 4.25. The third-order valence-corrected chi connectivity index (χ3v) is 6.37. The zero-order chi connectivity index (χ0) is 21.3. The topological polar surface area (TPSA) is 41.6 Å². The summed E-state index contributed by atoms with van der Waals surface area (Å²) >= 11 is 0. The van der Waals surface area contributed by atoms with Gasteiger partial charge in [0.1, 0.15) is 11.4 Å². The van der Waals surface area contributed by atoms with Crippen molar-refractivity contribution in [3.8, 4) is 5.75 Å². The molecule has 2 heterocycles. The number of fused-ring (bicyclic) bond motifs is 1. The fraction of sp³-hybridized carbons (Fsp3) is 0.423. The number of aryl methyl sites for hydroxylation is 2. The van der Waals surface area contributed by atoms with E-state index in [2.05, 4.69) is 49.5 Å². The van der Waals surface area contributed by atoms with Crippen LogP contribution >= 0.6 is 0 Å². The number of benzene rings is 2. The van der Waals surface area contributed by atoms with Crippen LogP contribution in [0.2, 0.25) is 0 Å². The number of piperidine rings is 1. The maximum absolute atomic E-state index is 12.7. The molecule has 2 aromatic carbocycles. The number of hydrogen-bond donors (Lipinski definition) is 1. The molecule has 0 aromatic heterocycles. The zero-order valence-electron chi connectivity index (χ0n) is 18.5. The van der Waals surface area contributed by atoms with E-state index >= 15 is 0 Å². The molecule has 2 aliphatic rings. The average molecular weight is 405 g/mol. The molecule has 2 aromatic rings. The molecule has 2 aliphatic heterocycles. The van der Waals surface area contributed by atoms with Gasteiger partial charge in [-0.2, -0.15) is 0 Å². The highest BCUT2D eigenvalue weighted by Crippen LogP contribution is 2.44. The van der Waals surface area contributed by atoms with E-state index < -0.39 is 0 Å². The quantitative estimate of drug-likeness (QED) is 0.801. The molecule has 1 saturated heterocycles. The van der Waals surface area contributed by atoms with Gasteiger partial charge in [-0.1, -0.05) is 18.2 Å². The monoisotopic (exact) mass is 404 g/mol. The number of nitrogens with one attached hydrogen (secondary N) is 1. The average Bonchev–Trinajstić information content (AvgIpc) is 2.75. The Kier molecular flexibility index (Phi) is 5.70. The first kappa shape index (κ1) is 20.7. The molecule has 30 heavy (non-hydrogen) atoms. The van der Waals surface area contributed by atoms with Crippen LogP contribution in [0.5, 0.6) is 5.75 Å². The minimum Gasteiger partial charge on any atom is -0.482 e. The summed E-state index contributed by atoms with van der Waals surface area (Å²) in [5.74, 6) is 1.10. The van der Waals surface area contributed by atoms with E-state index in [0.717, 1.165) is 61.5 Å². The summed E-state index contributed by atoms with van der Waals surface area (Å²) < 4.78 is 6.64. The molecular weight excluding hydrogens is 372 g/mol. The van der Waals surface area contributed by atoms with Crippen LogP contribution in [0.3, 0.4) is 0 Å². The van der Waals surface area contributed by atoms with Crippen molar-refractivity contribution in [3.63, 3.8) is 0 Å². The molecule has 0 unspecified atom stereocenters. The minimum atomic E-state index is -0.261. The molecule has 0 saturated carbocycles. The maximum atomic E-state index is 12.7. The van der Waals surface area contributed by atoms with Crippen LogP contribution in [0.1, 0.15) is 59.3 Å². The van der Waals surface area contributed by atoms with Crippen LogP contribution in [0.25, 0.3) is 5.57 Å². The van der Waals surface area contributed by atoms with E-state index in [-0.39, 0.29) is 11.5 Å². The predicted molar refractivity (Wildman–Crippen MR) is 122 cm³/mol. The molecule has 4 rings (SSSR count). The number of hydrogen-bond acceptors (Lipinski definition) is 3. The lowest BCUT2D eigenvalue weighted by Crippen LogP contribution is -2.46. The van der Waals surface area contributed by atoms with Gasteiger partial charge in [0.15, 0.2) is 0 Å². The molecule has 4 heteroatoms. The Balaban J connectivity index is 1.77. The summed E-state index contributed by atoms with van der Waals surface area (Å²) in [5, 5.41) is 3.45. The Hall–Kier alpha value is -2.59. The van der Waals surface area contributed by atoms with Crippen molar-refractivity contribution < 1.29 is 9.53 Å². The first-order chi connectivity index (χ1) is 14.5. The molecule has 1 amide bonds. The molecule has 0 atom stereocenters. The number of carbonyl (C=O) groups excluding carboxylic acids is 1. The van der Waals surface area contributed by atoms with Gasteiger partial charge in [-0.25, -0.2) is 0 Å². The Bertz CT molecular complexity index is 965. The molecular formula is C26H32N2O2. The van der Waals surface area contributed by atoms with Crippen molar-refractivity contribution in [2.75, 3.05) is 26.2 Å². The van der Waals surface area contributed by atoms with E-state index in [0.29, 0.717) is 0 Å². The Morgan fingerprint density at radius 1 is 1.07 bits per heavy atom. The zero-order valence-corrected chi connectivity index (χ0v) is 18.5. The molecule has 1 fully saturated rings. The van der Waals surface area contributed by atoms with Gasteiger partial charge in [0, 0.05) is 37.1 Å². The highest BCUT2D eigenvalue weighted by molar-refractivity contribution is 5.95. The summed E-state index contributed by atoms with van der Waals surface area (Å²) in [4.78, 5) is 14.6. The van der Waals surface area contributed by atoms with Gasteiger partial charge in [-0.3, -0.25) is 4.79 Å². The van der Waals surface area contributed by atoms with Gasteiger partial charge in [-0.05, 0) is 87.3 Å². The van der Waals surface area contributed by atoms with Crippen LogP contribution in [0.15, 0.2) is 42.5 Å². The Morgan fingerprint density at radius 3 is 2.37 bits per heavy atom. The Morgan fingerprint density at radius 2 is 1.73 bits per heavy atom. The number of rotatable bonds is 4. The first-order valence-electron chi connectivity index (χ1n) is 11.1. The fourth-order valence-corrected chi connectivity index (χ4v) is 4.68. The number of ether oxygens (including phenoxy) is 1. The molecule has 1 spiro atoms. The largest absolute Gasteiger partial charge is 0.482 e. The predicted octanol–water partition coefficient (Wildman–Crippen LogP) is 4.73. The number of carbonyl (C=O) groups is 1. The van der Waals surface area contributed by atoms with E-state index in [1.165, 1.54) is 16.7 Å². The Labute approximate surface area is 179 Å². The molecule has 0 bridgehead atoms. The molecule has 158 valence electrons. The standard InChI is InChI=1S/C26H32N2O2/c1-5-28(6-2)25(29)21-9-7-20(8-10-21)23-17-26(11-13-27-14-12-26)30-24-19(4)15-18(3)16-22(23)24/h7-10,15-17,27H,5-6,11-14H2,1-4H3. The van der Waals surface area contributed by atoms with E-state index in [4.69, 9.17) is 4.74 Å². The first-order valence-corrected chi connectivity index (χ1v) is 11.1. The van der Waals surface area contributed by atoms with Crippen LogP contribution in [0.4, 0.5) is 0 Å². The second-order valence-electron chi connectivity index (χ2n) is 8.49. The highest BCUT2D eigenvalue weighted by Gasteiger charge is 2.37. The lowest BCUT2D eigenvalue weighted by atomic mass is 9.82. The van der Waals surface area contributed by atoms with Crippen LogP contribution in [0, 0.1) is 13.8 Å². The minimum absolute atomic E-state index is 0.0921. The molecule has 0 radical (unpaired) electrons. The lowest BCUT2D eigenvalue weighted by molar-refractivity contribution is 0.0772. The summed E-state index contributed by atoms with van der Waals surface area (Å²) in [7, 11) is 0. The van der Waals surface area contributed by atoms with Crippen molar-refractivity contribution in [1.82, 2.24) is 10.2 Å². The summed E-state index contributed by atoms with van der Waals surface area (Å²) in [6, 6.07) is 12.5. The molecule has 0 aliphatic carbocycles. The van der Waals surface area contributed by atoms with Gasteiger partial charge in [-0.15, -0.1) is 0 Å². The SMILES string of the molecule is CCN(CC)C(=O)c1ccc(C2=CC3(CCNCC3)Oc3c(C)cc(C)cc32)cc1.